The minimum Gasteiger partial charge on any atom is -0.494 e. The molecular formula is C17H23NOS. The lowest BCUT2D eigenvalue weighted by molar-refractivity contribution is 0.333. The van der Waals surface area contributed by atoms with Crippen molar-refractivity contribution in [2.45, 2.75) is 33.7 Å². The summed E-state index contributed by atoms with van der Waals surface area (Å²) in [6, 6.07) is 11.0. The van der Waals surface area contributed by atoms with E-state index >= 15 is 0 Å². The molecule has 1 aromatic carbocycles. The van der Waals surface area contributed by atoms with Gasteiger partial charge in [-0.25, -0.2) is 0 Å². The molecule has 1 heterocycles. The molecule has 2 rings (SSSR count). The van der Waals surface area contributed by atoms with Gasteiger partial charge >= 0.3 is 0 Å². The van der Waals surface area contributed by atoms with Gasteiger partial charge in [-0.3, -0.25) is 0 Å². The number of aryl methyl sites for hydroxylation is 2. The molecule has 0 spiro atoms. The topological polar surface area (TPSA) is 21.3 Å². The number of nitrogens with one attached hydrogen (secondary N) is 1. The maximum atomic E-state index is 5.81. The van der Waals surface area contributed by atoms with Crippen molar-refractivity contribution in [3.63, 3.8) is 0 Å². The number of thiophene rings is 1. The highest BCUT2D eigenvalue weighted by Gasteiger charge is 2.19. The van der Waals surface area contributed by atoms with Crippen LogP contribution < -0.4 is 10.1 Å². The fraction of sp³-hybridized carbons (Fsp3) is 0.412. The van der Waals surface area contributed by atoms with E-state index < -0.39 is 0 Å². The Morgan fingerprint density at radius 3 is 2.55 bits per heavy atom. The van der Waals surface area contributed by atoms with Crippen molar-refractivity contribution >= 4 is 11.3 Å². The Hall–Kier alpha value is -1.32. The van der Waals surface area contributed by atoms with Gasteiger partial charge in [0, 0.05) is 15.3 Å². The van der Waals surface area contributed by atoms with Crippen molar-refractivity contribution in [3.05, 3.63) is 51.2 Å². The van der Waals surface area contributed by atoms with E-state index in [1.807, 2.05) is 18.3 Å². The van der Waals surface area contributed by atoms with Gasteiger partial charge in [-0.15, -0.1) is 11.3 Å². The molecule has 0 saturated heterocycles. The van der Waals surface area contributed by atoms with Crippen LogP contribution in [-0.4, -0.2) is 13.2 Å². The van der Waals surface area contributed by atoms with Gasteiger partial charge < -0.3 is 10.1 Å². The van der Waals surface area contributed by atoms with Crippen molar-refractivity contribution in [1.29, 1.82) is 0 Å². The molecule has 2 nitrogen and oxygen atoms in total. The quantitative estimate of drug-likeness (QED) is 0.847. The van der Waals surface area contributed by atoms with Crippen LogP contribution in [0.1, 0.15) is 40.8 Å². The van der Waals surface area contributed by atoms with Gasteiger partial charge in [-0.1, -0.05) is 24.6 Å². The molecular weight excluding hydrogens is 266 g/mol. The van der Waals surface area contributed by atoms with E-state index in [0.717, 1.165) is 12.3 Å². The van der Waals surface area contributed by atoms with Gasteiger partial charge in [0.2, 0.25) is 0 Å². The lowest BCUT2D eigenvalue weighted by atomic mass is 10.0. The highest BCUT2D eigenvalue weighted by Crippen LogP contribution is 2.34. The summed E-state index contributed by atoms with van der Waals surface area (Å²) in [7, 11) is 0. The van der Waals surface area contributed by atoms with E-state index in [4.69, 9.17) is 4.74 Å². The lowest BCUT2D eigenvalue weighted by Crippen LogP contribution is -2.22. The SMILES string of the molecule is CCNC(c1ccc(C)s1)c1cc(C)ccc1OCC. The number of benzene rings is 1. The maximum absolute atomic E-state index is 5.81. The van der Waals surface area contributed by atoms with Crippen LogP contribution >= 0.6 is 11.3 Å². The van der Waals surface area contributed by atoms with Crippen LogP contribution in [0.25, 0.3) is 0 Å². The molecule has 1 aromatic heterocycles. The summed E-state index contributed by atoms with van der Waals surface area (Å²) >= 11 is 1.85. The van der Waals surface area contributed by atoms with Crippen molar-refractivity contribution in [2.75, 3.05) is 13.2 Å². The summed E-state index contributed by atoms with van der Waals surface area (Å²) in [5, 5.41) is 3.58. The Morgan fingerprint density at radius 2 is 1.95 bits per heavy atom. The van der Waals surface area contributed by atoms with E-state index in [0.29, 0.717) is 6.61 Å². The summed E-state index contributed by atoms with van der Waals surface area (Å²) in [6.07, 6.45) is 0. The lowest BCUT2D eigenvalue weighted by Gasteiger charge is -2.21. The first-order valence-electron chi connectivity index (χ1n) is 7.18. The first kappa shape index (κ1) is 15.1. The smallest absolute Gasteiger partial charge is 0.124 e. The van der Waals surface area contributed by atoms with Gasteiger partial charge in [-0.05, 0) is 45.5 Å². The fourth-order valence-corrected chi connectivity index (χ4v) is 3.33. The zero-order chi connectivity index (χ0) is 14.5. The molecule has 0 fully saturated rings. The first-order valence-corrected chi connectivity index (χ1v) is 8.00. The monoisotopic (exact) mass is 289 g/mol. The number of hydrogen-bond donors (Lipinski definition) is 1. The van der Waals surface area contributed by atoms with Crippen LogP contribution in [-0.2, 0) is 0 Å². The maximum Gasteiger partial charge on any atom is 0.124 e. The zero-order valence-corrected chi connectivity index (χ0v) is 13.5. The molecule has 0 aliphatic heterocycles. The summed E-state index contributed by atoms with van der Waals surface area (Å²) in [4.78, 5) is 2.68. The molecule has 3 heteroatoms. The van der Waals surface area contributed by atoms with Gasteiger partial charge in [0.1, 0.15) is 5.75 Å². The molecule has 0 saturated carbocycles. The minimum absolute atomic E-state index is 0.208. The second-order valence-corrected chi connectivity index (χ2v) is 6.23. The predicted octanol–water partition coefficient (Wildman–Crippen LogP) is 4.46. The van der Waals surface area contributed by atoms with E-state index in [9.17, 15) is 0 Å². The fourth-order valence-electron chi connectivity index (χ4n) is 2.36. The summed E-state index contributed by atoms with van der Waals surface area (Å²) in [5.41, 5.74) is 2.50. The molecule has 1 unspecified atom stereocenters. The molecule has 0 amide bonds. The average molecular weight is 289 g/mol. The van der Waals surface area contributed by atoms with Crippen molar-refractivity contribution < 1.29 is 4.74 Å². The minimum atomic E-state index is 0.208. The first-order chi connectivity index (χ1) is 9.65. The molecule has 1 atom stereocenters. The summed E-state index contributed by atoms with van der Waals surface area (Å²) < 4.78 is 5.81. The Balaban J connectivity index is 2.45. The molecule has 20 heavy (non-hydrogen) atoms. The van der Waals surface area contributed by atoms with Crippen LogP contribution in [0.5, 0.6) is 5.75 Å². The summed E-state index contributed by atoms with van der Waals surface area (Å²) in [5.74, 6) is 0.982. The number of hydrogen-bond acceptors (Lipinski definition) is 3. The van der Waals surface area contributed by atoms with Gasteiger partial charge in [0.15, 0.2) is 0 Å². The molecule has 0 bridgehead atoms. The van der Waals surface area contributed by atoms with Crippen LogP contribution in [0.2, 0.25) is 0 Å². The molecule has 108 valence electrons. The molecule has 2 aromatic rings. The zero-order valence-electron chi connectivity index (χ0n) is 12.7. The normalized spacial score (nSPS) is 12.4. The highest BCUT2D eigenvalue weighted by molar-refractivity contribution is 7.12. The van der Waals surface area contributed by atoms with Gasteiger partial charge in [-0.2, -0.15) is 0 Å². The highest BCUT2D eigenvalue weighted by atomic mass is 32.1. The Labute approximate surface area is 125 Å². The van der Waals surface area contributed by atoms with Crippen LogP contribution in [0.3, 0.4) is 0 Å². The van der Waals surface area contributed by atoms with E-state index in [1.54, 1.807) is 0 Å². The third-order valence-corrected chi connectivity index (χ3v) is 4.30. The third kappa shape index (κ3) is 3.41. The second kappa shape index (κ2) is 6.91. The second-order valence-electron chi connectivity index (χ2n) is 4.91. The molecule has 0 aliphatic rings. The molecule has 0 aliphatic carbocycles. The largest absolute Gasteiger partial charge is 0.494 e. The van der Waals surface area contributed by atoms with Crippen LogP contribution in [0, 0.1) is 13.8 Å². The third-order valence-electron chi connectivity index (χ3n) is 3.23. The van der Waals surface area contributed by atoms with E-state index in [-0.39, 0.29) is 6.04 Å². The van der Waals surface area contributed by atoms with E-state index in [2.05, 4.69) is 56.4 Å². The Bertz CT molecular complexity index is 562. The average Bonchev–Trinajstić information content (AvgIpc) is 2.85. The predicted molar refractivity (Wildman–Crippen MR) is 86.9 cm³/mol. The standard InChI is InChI=1S/C17H23NOS/c1-5-18-17(16-10-8-13(4)20-16)14-11-12(3)7-9-15(14)19-6-2/h7-11,17-18H,5-6H2,1-4H3. The molecule has 1 N–H and O–H groups in total. The van der Waals surface area contributed by atoms with Crippen molar-refractivity contribution in [2.24, 2.45) is 0 Å². The Kier molecular flexibility index (Phi) is 5.21. The summed E-state index contributed by atoms with van der Waals surface area (Å²) in [6.45, 7) is 10.1. The van der Waals surface area contributed by atoms with Crippen molar-refractivity contribution in [1.82, 2.24) is 5.32 Å². The van der Waals surface area contributed by atoms with Gasteiger partial charge in [0.25, 0.3) is 0 Å². The van der Waals surface area contributed by atoms with Gasteiger partial charge in [0.05, 0.1) is 12.6 Å². The van der Waals surface area contributed by atoms with Crippen LogP contribution in [0.15, 0.2) is 30.3 Å². The number of rotatable bonds is 6. The molecule has 0 radical (unpaired) electrons. The Morgan fingerprint density at radius 1 is 1.15 bits per heavy atom. The van der Waals surface area contributed by atoms with E-state index in [1.165, 1.54) is 20.9 Å². The van der Waals surface area contributed by atoms with Crippen molar-refractivity contribution in [3.8, 4) is 5.75 Å². The van der Waals surface area contributed by atoms with Crippen LogP contribution in [0.4, 0.5) is 0 Å². The number of ether oxygens (including phenoxy) is 1.